The van der Waals surface area contributed by atoms with Gasteiger partial charge >= 0.3 is 0 Å². The Balaban J connectivity index is 3.13. The van der Waals surface area contributed by atoms with E-state index in [1.54, 1.807) is 6.92 Å². The fraction of sp³-hybridized carbons (Fsp3) is 0.385. The van der Waals surface area contributed by atoms with E-state index in [2.05, 4.69) is 10.6 Å². The summed E-state index contributed by atoms with van der Waals surface area (Å²) in [4.78, 5) is 10.1. The van der Waals surface area contributed by atoms with Crippen LogP contribution in [-0.4, -0.2) is 19.4 Å². The van der Waals surface area contributed by atoms with Crippen molar-refractivity contribution < 1.29 is 13.3 Å². The molecule has 1 rings (SSSR count). The third-order valence-electron chi connectivity index (χ3n) is 2.87. The van der Waals surface area contributed by atoms with Gasteiger partial charge in [-0.15, -0.1) is 12.3 Å². The number of nitrogens with one attached hydrogen (secondary N) is 1. The Kier molecular flexibility index (Phi) is 5.25. The number of rotatable bonds is 6. The minimum Gasteiger partial charge on any atom is -0.258 e. The zero-order valence-corrected chi connectivity index (χ0v) is 12.1. The quantitative estimate of drug-likeness (QED) is 0.494. The van der Waals surface area contributed by atoms with Crippen molar-refractivity contribution in [3.05, 3.63) is 33.9 Å². The van der Waals surface area contributed by atoms with Crippen molar-refractivity contribution in [2.45, 2.75) is 37.6 Å². The molecule has 0 aliphatic carbocycles. The first kappa shape index (κ1) is 16.1. The second-order valence-corrected chi connectivity index (χ2v) is 6.05. The molecule has 0 amide bonds. The van der Waals surface area contributed by atoms with Crippen molar-refractivity contribution >= 4 is 15.7 Å². The molecule has 7 heteroatoms. The summed E-state index contributed by atoms with van der Waals surface area (Å²) < 4.78 is 26.8. The second-order valence-electron chi connectivity index (χ2n) is 4.34. The molecular formula is C13H16N2O4S. The Bertz CT molecular complexity index is 647. The molecule has 0 bridgehead atoms. The Morgan fingerprint density at radius 1 is 1.50 bits per heavy atom. The first-order valence-corrected chi connectivity index (χ1v) is 7.51. The Morgan fingerprint density at radius 2 is 2.15 bits per heavy atom. The van der Waals surface area contributed by atoms with E-state index in [9.17, 15) is 18.5 Å². The van der Waals surface area contributed by atoms with Crippen molar-refractivity contribution in [1.82, 2.24) is 4.72 Å². The molecular weight excluding hydrogens is 280 g/mol. The van der Waals surface area contributed by atoms with Crippen LogP contribution in [0.5, 0.6) is 0 Å². The monoisotopic (exact) mass is 296 g/mol. The number of benzene rings is 1. The van der Waals surface area contributed by atoms with Crippen LogP contribution in [0.25, 0.3) is 0 Å². The summed E-state index contributed by atoms with van der Waals surface area (Å²) in [7, 11) is -3.82. The molecule has 20 heavy (non-hydrogen) atoms. The number of aryl methyl sites for hydroxylation is 1. The lowest BCUT2D eigenvalue weighted by atomic mass is 10.2. The first-order chi connectivity index (χ1) is 9.31. The maximum Gasteiger partial charge on any atom is 0.273 e. The molecule has 0 radical (unpaired) electrons. The van der Waals surface area contributed by atoms with Crippen LogP contribution in [-0.2, 0) is 10.0 Å². The maximum atomic E-state index is 12.2. The first-order valence-electron chi connectivity index (χ1n) is 6.02. The Labute approximate surface area is 118 Å². The van der Waals surface area contributed by atoms with E-state index < -0.39 is 14.9 Å². The summed E-state index contributed by atoms with van der Waals surface area (Å²) in [5.41, 5.74) is 0.183. The predicted molar refractivity (Wildman–Crippen MR) is 75.7 cm³/mol. The van der Waals surface area contributed by atoms with Gasteiger partial charge in [0.25, 0.3) is 5.69 Å². The highest BCUT2D eigenvalue weighted by Gasteiger charge is 2.22. The van der Waals surface area contributed by atoms with Gasteiger partial charge in [0, 0.05) is 24.1 Å². The molecule has 108 valence electrons. The standard InChI is InChI=1S/C13H16N2O4S/c1-4-6-11(5-2)14-20(18,19)12-8-7-10(3)13(9-12)15(16)17/h1,7-9,11,14H,5-6H2,2-3H3. The van der Waals surface area contributed by atoms with Crippen molar-refractivity contribution in [2.24, 2.45) is 0 Å². The summed E-state index contributed by atoms with van der Waals surface area (Å²) in [5, 5.41) is 10.8. The van der Waals surface area contributed by atoms with Crippen LogP contribution in [0.4, 0.5) is 5.69 Å². The molecule has 6 nitrogen and oxygen atoms in total. The Hall–Kier alpha value is -1.91. The van der Waals surface area contributed by atoms with Crippen LogP contribution < -0.4 is 4.72 Å². The molecule has 0 aliphatic rings. The van der Waals surface area contributed by atoms with Crippen molar-refractivity contribution in [3.63, 3.8) is 0 Å². The molecule has 0 aromatic heterocycles. The van der Waals surface area contributed by atoms with Crippen molar-refractivity contribution in [3.8, 4) is 12.3 Å². The number of nitrogens with zero attached hydrogens (tertiary/aromatic N) is 1. The summed E-state index contributed by atoms with van der Waals surface area (Å²) in [6.07, 6.45) is 5.98. The van der Waals surface area contributed by atoms with Gasteiger partial charge in [0.2, 0.25) is 10.0 Å². The van der Waals surface area contributed by atoms with Crippen LogP contribution in [0, 0.1) is 29.4 Å². The van der Waals surface area contributed by atoms with E-state index in [1.165, 1.54) is 12.1 Å². The van der Waals surface area contributed by atoms with Gasteiger partial charge in [-0.1, -0.05) is 13.0 Å². The molecule has 0 saturated heterocycles. The van der Waals surface area contributed by atoms with Crippen LogP contribution in [0.3, 0.4) is 0 Å². The smallest absolute Gasteiger partial charge is 0.258 e. The van der Waals surface area contributed by atoms with E-state index >= 15 is 0 Å². The summed E-state index contributed by atoms with van der Waals surface area (Å²) in [5.74, 6) is 2.40. The van der Waals surface area contributed by atoms with Crippen LogP contribution >= 0.6 is 0 Å². The molecule has 0 aliphatic heterocycles. The third-order valence-corrected chi connectivity index (χ3v) is 4.38. The fourth-order valence-corrected chi connectivity index (χ4v) is 2.99. The SMILES string of the molecule is C#CCC(CC)NS(=O)(=O)c1ccc(C)c([N+](=O)[O-])c1. The maximum absolute atomic E-state index is 12.2. The minimum atomic E-state index is -3.82. The number of nitro groups is 1. The Morgan fingerprint density at radius 3 is 2.65 bits per heavy atom. The van der Waals surface area contributed by atoms with Gasteiger partial charge in [0.1, 0.15) is 0 Å². The molecule has 0 fully saturated rings. The van der Waals surface area contributed by atoms with Gasteiger partial charge < -0.3 is 0 Å². The highest BCUT2D eigenvalue weighted by Crippen LogP contribution is 2.22. The van der Waals surface area contributed by atoms with Gasteiger partial charge in [-0.25, -0.2) is 13.1 Å². The number of hydrogen-bond donors (Lipinski definition) is 1. The van der Waals surface area contributed by atoms with Gasteiger partial charge in [-0.05, 0) is 19.4 Å². The number of sulfonamides is 1. The highest BCUT2D eigenvalue weighted by molar-refractivity contribution is 7.89. The number of nitro benzene ring substituents is 1. The van der Waals surface area contributed by atoms with E-state index in [0.29, 0.717) is 12.0 Å². The van der Waals surface area contributed by atoms with Gasteiger partial charge in [0.05, 0.1) is 9.82 Å². The molecule has 1 unspecified atom stereocenters. The van der Waals surface area contributed by atoms with Crippen molar-refractivity contribution in [1.29, 1.82) is 0 Å². The lowest BCUT2D eigenvalue weighted by Crippen LogP contribution is -2.34. The van der Waals surface area contributed by atoms with Gasteiger partial charge in [0.15, 0.2) is 0 Å². The molecule has 1 atom stereocenters. The van der Waals surface area contributed by atoms with Gasteiger partial charge in [-0.2, -0.15) is 0 Å². The number of terminal acetylenes is 1. The summed E-state index contributed by atoms with van der Waals surface area (Å²) in [6.45, 7) is 3.36. The molecule has 1 aromatic carbocycles. The molecule has 0 saturated carbocycles. The average molecular weight is 296 g/mol. The lowest BCUT2D eigenvalue weighted by molar-refractivity contribution is -0.385. The molecule has 1 N–H and O–H groups in total. The topological polar surface area (TPSA) is 89.3 Å². The second kappa shape index (κ2) is 6.50. The fourth-order valence-electron chi connectivity index (χ4n) is 1.65. The molecule has 1 aromatic rings. The van der Waals surface area contributed by atoms with Crippen LogP contribution in [0.1, 0.15) is 25.3 Å². The van der Waals surface area contributed by atoms with E-state index in [4.69, 9.17) is 6.42 Å². The van der Waals surface area contributed by atoms with Crippen molar-refractivity contribution in [2.75, 3.05) is 0 Å². The predicted octanol–water partition coefficient (Wildman–Crippen LogP) is 1.98. The molecule has 0 heterocycles. The summed E-state index contributed by atoms with van der Waals surface area (Å²) in [6, 6.07) is 3.42. The minimum absolute atomic E-state index is 0.134. The zero-order valence-electron chi connectivity index (χ0n) is 11.3. The van der Waals surface area contributed by atoms with E-state index in [0.717, 1.165) is 6.07 Å². The largest absolute Gasteiger partial charge is 0.273 e. The van der Waals surface area contributed by atoms with Gasteiger partial charge in [-0.3, -0.25) is 10.1 Å². The number of hydrogen-bond acceptors (Lipinski definition) is 4. The normalized spacial score (nSPS) is 12.7. The molecule has 0 spiro atoms. The van der Waals surface area contributed by atoms with Crippen LogP contribution in [0.15, 0.2) is 23.1 Å². The third kappa shape index (κ3) is 3.79. The zero-order chi connectivity index (χ0) is 15.3. The summed E-state index contributed by atoms with van der Waals surface area (Å²) >= 11 is 0. The average Bonchev–Trinajstić information content (AvgIpc) is 2.37. The van der Waals surface area contributed by atoms with Crippen LogP contribution in [0.2, 0.25) is 0 Å². The highest BCUT2D eigenvalue weighted by atomic mass is 32.2. The van der Waals surface area contributed by atoms with E-state index in [-0.39, 0.29) is 23.0 Å². The van der Waals surface area contributed by atoms with E-state index in [1.807, 2.05) is 6.92 Å². The lowest BCUT2D eigenvalue weighted by Gasteiger charge is -2.14.